The van der Waals surface area contributed by atoms with Crippen LogP contribution in [0.5, 0.6) is 11.5 Å². The van der Waals surface area contributed by atoms with Gasteiger partial charge in [-0.05, 0) is 76.2 Å². The first-order chi connectivity index (χ1) is 27.4. The minimum absolute atomic E-state index is 0. The van der Waals surface area contributed by atoms with Gasteiger partial charge in [0.1, 0.15) is 5.69 Å². The minimum atomic E-state index is -0.803. The fourth-order valence-electron chi connectivity index (χ4n) is 8.21. The van der Waals surface area contributed by atoms with E-state index in [-0.39, 0.29) is 21.1 Å². The fourth-order valence-corrected chi connectivity index (χ4v) is 8.21. The van der Waals surface area contributed by atoms with Crippen molar-refractivity contribution in [2.75, 3.05) is 4.90 Å². The molecular weight excluding hydrogens is 882 g/mol. The summed E-state index contributed by atoms with van der Waals surface area (Å²) < 4.78 is 8.38. The van der Waals surface area contributed by atoms with E-state index in [1.807, 2.05) is 48.8 Å². The van der Waals surface area contributed by atoms with Gasteiger partial charge in [0, 0.05) is 28.9 Å². The van der Waals surface area contributed by atoms with Gasteiger partial charge in [-0.2, -0.15) is 18.2 Å². The molecule has 0 bridgehead atoms. The second kappa shape index (κ2) is 15.8. The number of nitrogens with zero attached hydrogens (tertiary/aromatic N) is 5. The van der Waals surface area contributed by atoms with Crippen molar-refractivity contribution in [2.24, 2.45) is 0 Å². The topological polar surface area (TPSA) is 56.1 Å². The molecule has 0 amide bonds. The van der Waals surface area contributed by atoms with Crippen LogP contribution in [-0.4, -0.2) is 20.0 Å². The van der Waals surface area contributed by atoms with Crippen LogP contribution >= 0.6 is 0 Å². The second-order valence-corrected chi connectivity index (χ2v) is 14.8. The van der Waals surface area contributed by atoms with Crippen LogP contribution in [0.4, 0.5) is 17.1 Å². The van der Waals surface area contributed by atoms with Crippen molar-refractivity contribution in [3.8, 4) is 28.4 Å². The van der Waals surface area contributed by atoms with Crippen LogP contribution in [0.15, 0.2) is 164 Å². The molecule has 0 unspecified atom stereocenters. The molecule has 0 saturated heterocycles. The summed E-state index contributed by atoms with van der Waals surface area (Å²) in [7, 11) is 0. The Morgan fingerprint density at radius 1 is 0.596 bits per heavy atom. The summed E-state index contributed by atoms with van der Waals surface area (Å²) in [4.78, 5) is 7.40. The molecule has 6 aromatic carbocycles. The summed E-state index contributed by atoms with van der Waals surface area (Å²) in [6.07, 6.45) is 3.86. The third kappa shape index (κ3) is 6.68. The quantitative estimate of drug-likeness (QED) is 0.135. The number of para-hydroxylation sites is 3. The standard InChI is InChI=1S/C50H41N5O.Pt/c1-34(2)41-23-16-24-42(35(3)4)49(41)45-33-54(53-52-45)38-20-15-22-40(32-38)56-39-21-14-17-36(31-39)50(48-29-12-13-30-51-48)43-25-8-10-27-46(43)55(37-18-6-5-7-19-37)47-28-11-9-26-44(47)50;/h5-30,33-35H,1-4H3;/q-2;+2. The monoisotopic (exact) mass is 922 g/mol. The summed E-state index contributed by atoms with van der Waals surface area (Å²) in [6.45, 7) is 8.88. The van der Waals surface area contributed by atoms with Crippen molar-refractivity contribution in [3.63, 3.8) is 0 Å². The van der Waals surface area contributed by atoms with Gasteiger partial charge in [-0.15, -0.1) is 41.0 Å². The number of fused-ring (bicyclic) bond motifs is 2. The van der Waals surface area contributed by atoms with E-state index in [0.29, 0.717) is 23.3 Å². The minimum Gasteiger partial charge on any atom is -0.509 e. The molecule has 6 nitrogen and oxygen atoms in total. The first kappa shape index (κ1) is 37.8. The van der Waals surface area contributed by atoms with Gasteiger partial charge in [0.15, 0.2) is 0 Å². The third-order valence-corrected chi connectivity index (χ3v) is 10.7. The average Bonchev–Trinajstić information content (AvgIpc) is 3.74. The molecule has 0 fully saturated rings. The zero-order valence-electron chi connectivity index (χ0n) is 32.2. The van der Waals surface area contributed by atoms with Gasteiger partial charge in [-0.25, -0.2) is 4.68 Å². The van der Waals surface area contributed by atoms with E-state index in [9.17, 15) is 0 Å². The molecule has 3 heterocycles. The molecule has 1 aliphatic rings. The van der Waals surface area contributed by atoms with Gasteiger partial charge in [0.05, 0.1) is 28.7 Å². The Hall–Kier alpha value is -6.10. The zero-order valence-corrected chi connectivity index (χ0v) is 34.5. The first-order valence-electron chi connectivity index (χ1n) is 19.2. The van der Waals surface area contributed by atoms with Crippen LogP contribution in [0, 0.1) is 12.1 Å². The van der Waals surface area contributed by atoms with Gasteiger partial charge < -0.3 is 9.64 Å². The molecule has 0 atom stereocenters. The smallest absolute Gasteiger partial charge is 0.509 e. The van der Waals surface area contributed by atoms with Crippen molar-refractivity contribution in [3.05, 3.63) is 210 Å². The Morgan fingerprint density at radius 2 is 1.19 bits per heavy atom. The van der Waals surface area contributed by atoms with E-state index < -0.39 is 5.41 Å². The number of pyridine rings is 1. The van der Waals surface area contributed by atoms with E-state index >= 15 is 0 Å². The third-order valence-electron chi connectivity index (χ3n) is 10.7. The van der Waals surface area contributed by atoms with Gasteiger partial charge in [-0.1, -0.05) is 112 Å². The first-order valence-corrected chi connectivity index (χ1v) is 19.2. The number of benzene rings is 6. The Bertz CT molecular complexity index is 2580. The Labute approximate surface area is 349 Å². The largest absolute Gasteiger partial charge is 2.00 e. The molecule has 0 aliphatic carbocycles. The van der Waals surface area contributed by atoms with E-state index in [4.69, 9.17) is 9.72 Å². The zero-order chi connectivity index (χ0) is 38.2. The molecule has 57 heavy (non-hydrogen) atoms. The van der Waals surface area contributed by atoms with Crippen LogP contribution in [0.25, 0.3) is 16.9 Å². The van der Waals surface area contributed by atoms with Crippen LogP contribution in [0.2, 0.25) is 0 Å². The maximum absolute atomic E-state index is 6.61. The van der Waals surface area contributed by atoms with Gasteiger partial charge in [0.2, 0.25) is 0 Å². The summed E-state index contributed by atoms with van der Waals surface area (Å²) in [5.41, 5.74) is 11.7. The summed E-state index contributed by atoms with van der Waals surface area (Å²) in [5, 5.41) is 9.22. The Balaban J connectivity index is 0.00000455. The van der Waals surface area contributed by atoms with Gasteiger partial charge in [0.25, 0.3) is 0 Å². The van der Waals surface area contributed by atoms with Crippen LogP contribution in [-0.2, 0) is 26.5 Å². The van der Waals surface area contributed by atoms with E-state index in [1.165, 1.54) is 11.1 Å². The molecule has 7 heteroatoms. The molecule has 0 radical (unpaired) electrons. The Kier molecular flexibility index (Phi) is 10.5. The molecule has 0 N–H and O–H groups in total. The maximum Gasteiger partial charge on any atom is 2.00 e. The van der Waals surface area contributed by atoms with E-state index in [1.54, 1.807) is 4.68 Å². The molecule has 8 aromatic rings. The van der Waals surface area contributed by atoms with E-state index in [0.717, 1.165) is 56.4 Å². The fraction of sp³-hybridized carbons (Fsp3) is 0.140. The van der Waals surface area contributed by atoms with Gasteiger partial charge in [-0.3, -0.25) is 4.98 Å². The number of rotatable bonds is 9. The number of aromatic nitrogens is 4. The van der Waals surface area contributed by atoms with Crippen molar-refractivity contribution in [2.45, 2.75) is 44.9 Å². The molecule has 1 aliphatic heterocycles. The maximum atomic E-state index is 6.61. The molecule has 9 rings (SSSR count). The predicted octanol–water partition coefficient (Wildman–Crippen LogP) is 12.1. The van der Waals surface area contributed by atoms with Crippen molar-refractivity contribution < 1.29 is 25.8 Å². The van der Waals surface area contributed by atoms with Crippen LogP contribution in [0.3, 0.4) is 0 Å². The predicted molar refractivity (Wildman–Crippen MR) is 224 cm³/mol. The molecule has 0 spiro atoms. The number of anilines is 3. The number of hydrogen-bond donors (Lipinski definition) is 0. The molecule has 2 aromatic heterocycles. The average molecular weight is 923 g/mol. The van der Waals surface area contributed by atoms with Crippen LogP contribution < -0.4 is 9.64 Å². The summed E-state index contributed by atoms with van der Waals surface area (Å²) in [6, 6.07) is 59.5. The normalized spacial score (nSPS) is 12.8. The van der Waals surface area contributed by atoms with Crippen LogP contribution in [0.1, 0.15) is 73.0 Å². The van der Waals surface area contributed by atoms with Crippen molar-refractivity contribution in [1.29, 1.82) is 0 Å². The van der Waals surface area contributed by atoms with E-state index in [2.05, 4.69) is 170 Å². The molecular formula is C50H41N5OPt. The van der Waals surface area contributed by atoms with Crippen molar-refractivity contribution in [1.82, 2.24) is 20.0 Å². The summed E-state index contributed by atoms with van der Waals surface area (Å²) in [5.74, 6) is 1.81. The van der Waals surface area contributed by atoms with Gasteiger partial charge >= 0.3 is 21.1 Å². The number of hydrogen-bond acceptors (Lipinski definition) is 5. The molecule has 0 saturated carbocycles. The molecule has 282 valence electrons. The second-order valence-electron chi connectivity index (χ2n) is 14.8. The summed E-state index contributed by atoms with van der Waals surface area (Å²) >= 11 is 0. The van der Waals surface area contributed by atoms with Crippen molar-refractivity contribution >= 4 is 17.1 Å². The SMILES string of the molecule is CC(C)c1cccc(C(C)C)c1-c1cn(-c2[c-]c(Oc3[c-]c(C4(c5ccccn5)c5ccccc5N(c5ccccc5)c5ccccc54)ccc3)ccc2)nn1.[Pt+2]. The Morgan fingerprint density at radius 3 is 1.84 bits per heavy atom. The number of ether oxygens (including phenoxy) is 1.